The van der Waals surface area contributed by atoms with E-state index in [9.17, 15) is 9.59 Å². The first-order chi connectivity index (χ1) is 14.1. The van der Waals surface area contributed by atoms with Gasteiger partial charge in [-0.05, 0) is 36.6 Å². The molecular weight excluding hydrogens is 364 g/mol. The van der Waals surface area contributed by atoms with Crippen molar-refractivity contribution in [2.24, 2.45) is 5.73 Å². The molecule has 0 spiro atoms. The van der Waals surface area contributed by atoms with Crippen LogP contribution >= 0.6 is 0 Å². The molecule has 1 amide bonds. The van der Waals surface area contributed by atoms with Crippen molar-refractivity contribution in [3.05, 3.63) is 70.1 Å². The Hall–Kier alpha value is -2.86. The number of rotatable bonds is 3. The molecule has 3 N–H and O–H groups in total. The molecule has 2 aromatic carbocycles. The highest BCUT2D eigenvalue weighted by Crippen LogP contribution is 2.31. The molecule has 2 aliphatic rings. The smallest absolute Gasteiger partial charge is 0.326 e. The molecule has 3 aromatic rings. The maximum atomic E-state index is 13.1. The van der Waals surface area contributed by atoms with Crippen LogP contribution < -0.4 is 11.4 Å². The fraction of sp³-hybridized carbons (Fsp3) is 0.391. The summed E-state index contributed by atoms with van der Waals surface area (Å²) in [6.07, 6.45) is 4.41. The van der Waals surface area contributed by atoms with E-state index in [0.717, 1.165) is 36.7 Å². The van der Waals surface area contributed by atoms with Crippen LogP contribution in [0.5, 0.6) is 0 Å². The molecule has 5 rings (SSSR count). The number of likely N-dealkylation sites (tertiary alicyclic amines) is 1. The van der Waals surface area contributed by atoms with Crippen LogP contribution in [0, 0.1) is 0 Å². The summed E-state index contributed by atoms with van der Waals surface area (Å²) in [5.74, 6) is 0.113. The minimum Gasteiger partial charge on any atom is -0.336 e. The molecule has 2 atom stereocenters. The van der Waals surface area contributed by atoms with Crippen molar-refractivity contribution in [2.75, 3.05) is 13.1 Å². The number of aromatic nitrogens is 2. The molecule has 1 aromatic heterocycles. The summed E-state index contributed by atoms with van der Waals surface area (Å²) >= 11 is 0. The van der Waals surface area contributed by atoms with E-state index in [0.29, 0.717) is 18.7 Å². The average molecular weight is 390 g/mol. The SMILES string of the molecule is N[C@@H]1CN(C(=O)c2ccc3c(c2)[nH]c(=O)n3C2CCCC2)C[C@H]1c1ccccc1. The monoisotopic (exact) mass is 390 g/mol. The molecule has 2 fully saturated rings. The van der Waals surface area contributed by atoms with Crippen molar-refractivity contribution >= 4 is 16.9 Å². The van der Waals surface area contributed by atoms with E-state index in [2.05, 4.69) is 17.1 Å². The number of aromatic amines is 1. The first-order valence-electron chi connectivity index (χ1n) is 10.5. The Bertz CT molecular complexity index is 1100. The summed E-state index contributed by atoms with van der Waals surface area (Å²) in [6, 6.07) is 15.9. The molecular formula is C23H26N4O2. The lowest BCUT2D eigenvalue weighted by Gasteiger charge is -2.17. The lowest BCUT2D eigenvalue weighted by molar-refractivity contribution is 0.0789. The molecule has 1 aliphatic carbocycles. The molecule has 2 heterocycles. The summed E-state index contributed by atoms with van der Waals surface area (Å²) < 4.78 is 1.87. The zero-order chi connectivity index (χ0) is 20.0. The normalized spacial score (nSPS) is 22.6. The van der Waals surface area contributed by atoms with Crippen LogP contribution in [0.15, 0.2) is 53.3 Å². The fourth-order valence-corrected chi connectivity index (χ4v) is 5.02. The first kappa shape index (κ1) is 18.2. The number of nitrogens with zero attached hydrogens (tertiary/aromatic N) is 2. The van der Waals surface area contributed by atoms with Crippen LogP contribution in [-0.2, 0) is 0 Å². The molecule has 0 radical (unpaired) electrons. The second-order valence-corrected chi connectivity index (χ2v) is 8.36. The van der Waals surface area contributed by atoms with Gasteiger partial charge in [-0.3, -0.25) is 9.36 Å². The molecule has 150 valence electrons. The predicted molar refractivity (Wildman–Crippen MR) is 113 cm³/mol. The number of carbonyl (C=O) groups is 1. The molecule has 6 heteroatoms. The van der Waals surface area contributed by atoms with Crippen molar-refractivity contribution < 1.29 is 4.79 Å². The van der Waals surface area contributed by atoms with Crippen LogP contribution in [-0.4, -0.2) is 39.5 Å². The van der Waals surface area contributed by atoms with Gasteiger partial charge in [0.2, 0.25) is 0 Å². The largest absolute Gasteiger partial charge is 0.336 e. The van der Waals surface area contributed by atoms with Gasteiger partial charge >= 0.3 is 5.69 Å². The zero-order valence-electron chi connectivity index (χ0n) is 16.4. The third-order valence-corrected chi connectivity index (χ3v) is 6.53. The lowest BCUT2D eigenvalue weighted by atomic mass is 9.95. The Labute approximate surface area is 169 Å². The molecule has 6 nitrogen and oxygen atoms in total. The molecule has 0 bridgehead atoms. The molecule has 29 heavy (non-hydrogen) atoms. The highest BCUT2D eigenvalue weighted by Gasteiger charge is 2.34. The van der Waals surface area contributed by atoms with Crippen molar-refractivity contribution in [1.82, 2.24) is 14.5 Å². The van der Waals surface area contributed by atoms with Gasteiger partial charge in [0.1, 0.15) is 0 Å². The average Bonchev–Trinajstić information content (AvgIpc) is 3.45. The van der Waals surface area contributed by atoms with Crippen LogP contribution in [0.3, 0.4) is 0 Å². The van der Waals surface area contributed by atoms with Gasteiger partial charge in [0, 0.05) is 36.7 Å². The van der Waals surface area contributed by atoms with Gasteiger partial charge in [0.25, 0.3) is 5.91 Å². The quantitative estimate of drug-likeness (QED) is 0.721. The number of hydrogen-bond acceptors (Lipinski definition) is 3. The molecule has 0 unspecified atom stereocenters. The van der Waals surface area contributed by atoms with E-state index in [1.54, 1.807) is 0 Å². The standard InChI is InChI=1S/C23H26N4O2/c24-19-14-26(13-18(19)15-6-2-1-3-7-15)22(28)16-10-11-21-20(12-16)25-23(29)27(21)17-8-4-5-9-17/h1-3,6-7,10-12,17-19H,4-5,8-9,13-14,24H2,(H,25,29)/t18-,19+/m0/s1. The summed E-state index contributed by atoms with van der Waals surface area (Å²) in [5.41, 5.74) is 9.66. The maximum absolute atomic E-state index is 13.1. The number of hydrogen-bond donors (Lipinski definition) is 2. The Morgan fingerprint density at radius 3 is 2.55 bits per heavy atom. The van der Waals surface area contributed by atoms with Gasteiger partial charge in [0.15, 0.2) is 0 Å². The first-order valence-corrected chi connectivity index (χ1v) is 10.5. The summed E-state index contributed by atoms with van der Waals surface area (Å²) in [4.78, 5) is 30.4. The number of nitrogens with one attached hydrogen (secondary N) is 1. The topological polar surface area (TPSA) is 84.1 Å². The Balaban J connectivity index is 1.41. The number of nitrogens with two attached hydrogens (primary N) is 1. The van der Waals surface area contributed by atoms with Crippen molar-refractivity contribution in [1.29, 1.82) is 0 Å². The third kappa shape index (κ3) is 3.17. The number of carbonyl (C=O) groups excluding carboxylic acids is 1. The summed E-state index contributed by atoms with van der Waals surface area (Å²) in [5, 5.41) is 0. The predicted octanol–water partition coefficient (Wildman–Crippen LogP) is 3.01. The van der Waals surface area contributed by atoms with Gasteiger partial charge < -0.3 is 15.6 Å². The van der Waals surface area contributed by atoms with E-state index in [1.165, 1.54) is 5.56 Å². The van der Waals surface area contributed by atoms with E-state index in [1.807, 2.05) is 45.9 Å². The highest BCUT2D eigenvalue weighted by molar-refractivity contribution is 5.97. The van der Waals surface area contributed by atoms with E-state index >= 15 is 0 Å². The molecule has 1 saturated carbocycles. The molecule has 1 saturated heterocycles. The van der Waals surface area contributed by atoms with Crippen molar-refractivity contribution in [2.45, 2.75) is 43.7 Å². The lowest BCUT2D eigenvalue weighted by Crippen LogP contribution is -2.32. The van der Waals surface area contributed by atoms with Crippen LogP contribution in [0.25, 0.3) is 11.0 Å². The number of fused-ring (bicyclic) bond motifs is 1. The van der Waals surface area contributed by atoms with Gasteiger partial charge in [-0.25, -0.2) is 4.79 Å². The number of H-pyrrole nitrogens is 1. The van der Waals surface area contributed by atoms with Gasteiger partial charge in [-0.1, -0.05) is 43.2 Å². The van der Waals surface area contributed by atoms with Gasteiger partial charge in [-0.15, -0.1) is 0 Å². The number of imidazole rings is 1. The number of benzene rings is 2. The van der Waals surface area contributed by atoms with Crippen LogP contribution in [0.2, 0.25) is 0 Å². The summed E-state index contributed by atoms with van der Waals surface area (Å²) in [6.45, 7) is 1.15. The van der Waals surface area contributed by atoms with Crippen LogP contribution in [0.4, 0.5) is 0 Å². The Morgan fingerprint density at radius 2 is 1.79 bits per heavy atom. The second-order valence-electron chi connectivity index (χ2n) is 8.36. The third-order valence-electron chi connectivity index (χ3n) is 6.53. The van der Waals surface area contributed by atoms with E-state index in [-0.39, 0.29) is 29.6 Å². The van der Waals surface area contributed by atoms with Gasteiger partial charge in [-0.2, -0.15) is 0 Å². The maximum Gasteiger partial charge on any atom is 0.326 e. The minimum absolute atomic E-state index is 0.0322. The fourth-order valence-electron chi connectivity index (χ4n) is 5.02. The second kappa shape index (κ2) is 7.19. The molecule has 1 aliphatic heterocycles. The van der Waals surface area contributed by atoms with E-state index < -0.39 is 0 Å². The van der Waals surface area contributed by atoms with Crippen molar-refractivity contribution in [3.8, 4) is 0 Å². The Kier molecular flexibility index (Phi) is 4.51. The number of amides is 1. The van der Waals surface area contributed by atoms with Gasteiger partial charge in [0.05, 0.1) is 11.0 Å². The van der Waals surface area contributed by atoms with Crippen molar-refractivity contribution in [3.63, 3.8) is 0 Å². The van der Waals surface area contributed by atoms with E-state index in [4.69, 9.17) is 5.73 Å². The highest BCUT2D eigenvalue weighted by atomic mass is 16.2. The minimum atomic E-state index is -0.0798. The zero-order valence-corrected chi connectivity index (χ0v) is 16.4. The Morgan fingerprint density at radius 1 is 1.03 bits per heavy atom. The van der Waals surface area contributed by atoms with Crippen LogP contribution in [0.1, 0.15) is 53.6 Å². The summed E-state index contributed by atoms with van der Waals surface area (Å²) in [7, 11) is 0.